The minimum absolute atomic E-state index is 0.0401. The van der Waals surface area contributed by atoms with E-state index in [4.69, 9.17) is 5.11 Å². The van der Waals surface area contributed by atoms with Gasteiger partial charge in [0, 0.05) is 19.2 Å². The highest BCUT2D eigenvalue weighted by molar-refractivity contribution is 5.86. The number of carboxylic acid groups (broad SMARTS) is 1. The maximum atomic E-state index is 12.1. The molecule has 0 heterocycles. The van der Waals surface area contributed by atoms with Crippen LogP contribution in [0.2, 0.25) is 0 Å². The summed E-state index contributed by atoms with van der Waals surface area (Å²) in [4.78, 5) is 24.3. The first-order valence-corrected chi connectivity index (χ1v) is 9.19. The topological polar surface area (TPSA) is 89.9 Å². The molecule has 0 bridgehead atoms. The number of aliphatic hydroxyl groups is 1. The van der Waals surface area contributed by atoms with Gasteiger partial charge in [0.25, 0.3) is 0 Å². The zero-order valence-electron chi connectivity index (χ0n) is 16.0. The third kappa shape index (κ3) is 7.57. The lowest BCUT2D eigenvalue weighted by Crippen LogP contribution is -2.43. The molecule has 6 nitrogen and oxygen atoms in total. The maximum absolute atomic E-state index is 12.1. The smallest absolute Gasteiger partial charge is 0.331 e. The summed E-state index contributed by atoms with van der Waals surface area (Å²) < 4.78 is 0. The predicted molar refractivity (Wildman–Crippen MR) is 98.0 cm³/mol. The van der Waals surface area contributed by atoms with Crippen molar-refractivity contribution in [2.75, 3.05) is 20.1 Å². The minimum atomic E-state index is -0.987. The zero-order chi connectivity index (χ0) is 19.0. The van der Waals surface area contributed by atoms with Crippen LogP contribution in [0, 0.1) is 11.3 Å². The Bertz CT molecular complexity index is 482. The van der Waals surface area contributed by atoms with Gasteiger partial charge in [0.15, 0.2) is 0 Å². The van der Waals surface area contributed by atoms with Gasteiger partial charge in [-0.2, -0.15) is 0 Å². The van der Waals surface area contributed by atoms with Crippen LogP contribution in [0.1, 0.15) is 59.3 Å². The fourth-order valence-corrected chi connectivity index (χ4v) is 3.42. The van der Waals surface area contributed by atoms with Crippen LogP contribution in [0.4, 0.5) is 0 Å². The fourth-order valence-electron chi connectivity index (χ4n) is 3.42. The highest BCUT2D eigenvalue weighted by atomic mass is 16.4. The standard InChI is InChI=1S/C19H34N2O4/c1-14(18(24)25)10-11-21(4)17(23)13-20-16(22)12-19(2,3)15-8-6-5-7-9-15/h10,15-16,20,22H,5-9,11-13H2,1-4H3,(H,24,25)/b14-10+. The highest BCUT2D eigenvalue weighted by Gasteiger charge is 2.32. The summed E-state index contributed by atoms with van der Waals surface area (Å²) in [7, 11) is 1.62. The van der Waals surface area contributed by atoms with Crippen molar-refractivity contribution in [1.82, 2.24) is 10.2 Å². The summed E-state index contributed by atoms with van der Waals surface area (Å²) in [5, 5.41) is 22.0. The molecule has 1 atom stereocenters. The molecule has 1 unspecified atom stereocenters. The Morgan fingerprint density at radius 1 is 1.28 bits per heavy atom. The molecule has 3 N–H and O–H groups in total. The summed E-state index contributed by atoms with van der Waals surface area (Å²) in [5.41, 5.74) is 0.255. The molecule has 0 aromatic carbocycles. The Morgan fingerprint density at radius 2 is 1.88 bits per heavy atom. The maximum Gasteiger partial charge on any atom is 0.331 e. The lowest BCUT2D eigenvalue weighted by molar-refractivity contribution is -0.133. The van der Waals surface area contributed by atoms with Crippen molar-refractivity contribution in [3.63, 3.8) is 0 Å². The zero-order valence-corrected chi connectivity index (χ0v) is 16.0. The molecule has 1 fully saturated rings. The van der Waals surface area contributed by atoms with E-state index in [-0.39, 0.29) is 30.0 Å². The molecule has 1 saturated carbocycles. The van der Waals surface area contributed by atoms with E-state index in [1.807, 2.05) is 0 Å². The Balaban J connectivity index is 2.39. The largest absolute Gasteiger partial charge is 0.478 e. The molecule has 0 spiro atoms. The molecule has 6 heteroatoms. The first-order chi connectivity index (χ1) is 11.6. The minimum Gasteiger partial charge on any atom is -0.478 e. The number of carbonyl (C=O) groups is 2. The number of amides is 1. The molecule has 0 aromatic rings. The summed E-state index contributed by atoms with van der Waals surface area (Å²) in [6.45, 7) is 6.17. The molecular formula is C19H34N2O4. The summed E-state index contributed by atoms with van der Waals surface area (Å²) in [6, 6.07) is 0. The van der Waals surface area contributed by atoms with Crippen molar-refractivity contribution in [1.29, 1.82) is 0 Å². The van der Waals surface area contributed by atoms with Crippen LogP contribution in [0.3, 0.4) is 0 Å². The van der Waals surface area contributed by atoms with Crippen molar-refractivity contribution >= 4 is 11.9 Å². The van der Waals surface area contributed by atoms with Gasteiger partial charge in [-0.25, -0.2) is 4.79 Å². The first kappa shape index (κ1) is 21.6. The van der Waals surface area contributed by atoms with Crippen molar-refractivity contribution in [2.45, 2.75) is 65.5 Å². The average Bonchev–Trinajstić information content (AvgIpc) is 2.57. The van der Waals surface area contributed by atoms with Gasteiger partial charge in [-0.1, -0.05) is 39.2 Å². The van der Waals surface area contributed by atoms with Crippen LogP contribution in [-0.4, -0.2) is 53.4 Å². The number of nitrogens with one attached hydrogen (secondary N) is 1. The molecule has 0 saturated heterocycles. The van der Waals surface area contributed by atoms with E-state index >= 15 is 0 Å². The second kappa shape index (κ2) is 9.92. The van der Waals surface area contributed by atoms with Crippen LogP contribution < -0.4 is 5.32 Å². The Hall–Kier alpha value is -1.40. The lowest BCUT2D eigenvalue weighted by atomic mass is 9.69. The monoisotopic (exact) mass is 354 g/mol. The summed E-state index contributed by atoms with van der Waals surface area (Å²) >= 11 is 0. The second-order valence-electron chi connectivity index (χ2n) is 7.89. The molecule has 1 aliphatic carbocycles. The van der Waals surface area contributed by atoms with Crippen molar-refractivity contribution < 1.29 is 19.8 Å². The number of rotatable bonds is 9. The van der Waals surface area contributed by atoms with E-state index in [1.54, 1.807) is 7.05 Å². The molecule has 0 aromatic heterocycles. The van der Waals surface area contributed by atoms with Crippen LogP contribution in [0.15, 0.2) is 11.6 Å². The molecule has 1 amide bonds. The summed E-state index contributed by atoms with van der Waals surface area (Å²) in [5.74, 6) is -0.538. The molecule has 0 aliphatic heterocycles. The number of carboxylic acids is 1. The predicted octanol–water partition coefficient (Wildman–Crippen LogP) is 2.38. The average molecular weight is 354 g/mol. The van der Waals surface area contributed by atoms with Gasteiger partial charge < -0.3 is 15.1 Å². The third-order valence-corrected chi connectivity index (χ3v) is 5.35. The normalized spacial score (nSPS) is 18.0. The SMILES string of the molecule is C/C(=C\CN(C)C(=O)CNC(O)CC(C)(C)C1CCCCC1)C(=O)O. The number of aliphatic hydroxyl groups excluding tert-OH is 1. The molecule has 1 rings (SSSR count). The van der Waals surface area contributed by atoms with Gasteiger partial charge in [0.2, 0.25) is 5.91 Å². The van der Waals surface area contributed by atoms with E-state index in [1.165, 1.54) is 50.0 Å². The van der Waals surface area contributed by atoms with E-state index in [0.717, 1.165) is 0 Å². The number of likely N-dealkylation sites (N-methyl/N-ethyl adjacent to an activating group) is 1. The van der Waals surface area contributed by atoms with E-state index in [9.17, 15) is 14.7 Å². The van der Waals surface area contributed by atoms with Gasteiger partial charge >= 0.3 is 5.97 Å². The molecule has 144 valence electrons. The molecule has 25 heavy (non-hydrogen) atoms. The highest BCUT2D eigenvalue weighted by Crippen LogP contribution is 2.40. The van der Waals surface area contributed by atoms with Gasteiger partial charge in [0.05, 0.1) is 6.54 Å². The Morgan fingerprint density at radius 3 is 2.44 bits per heavy atom. The number of nitrogens with zero attached hydrogens (tertiary/aromatic N) is 1. The second-order valence-corrected chi connectivity index (χ2v) is 7.89. The van der Waals surface area contributed by atoms with Crippen LogP contribution in [-0.2, 0) is 9.59 Å². The number of hydrogen-bond donors (Lipinski definition) is 3. The van der Waals surface area contributed by atoms with E-state index < -0.39 is 12.2 Å². The number of hydrogen-bond acceptors (Lipinski definition) is 4. The molecule has 1 aliphatic rings. The molecule has 0 radical (unpaired) electrons. The van der Waals surface area contributed by atoms with Crippen molar-refractivity contribution in [3.05, 3.63) is 11.6 Å². The summed E-state index contributed by atoms with van der Waals surface area (Å²) in [6.07, 6.45) is 7.69. The third-order valence-electron chi connectivity index (χ3n) is 5.35. The lowest BCUT2D eigenvalue weighted by Gasteiger charge is -2.38. The van der Waals surface area contributed by atoms with Crippen molar-refractivity contribution in [3.8, 4) is 0 Å². The first-order valence-electron chi connectivity index (χ1n) is 9.19. The molecular weight excluding hydrogens is 320 g/mol. The van der Waals surface area contributed by atoms with E-state index in [0.29, 0.717) is 12.3 Å². The van der Waals surface area contributed by atoms with Crippen LogP contribution >= 0.6 is 0 Å². The van der Waals surface area contributed by atoms with Crippen LogP contribution in [0.25, 0.3) is 0 Å². The van der Waals surface area contributed by atoms with Crippen LogP contribution in [0.5, 0.6) is 0 Å². The quantitative estimate of drug-likeness (QED) is 0.437. The van der Waals surface area contributed by atoms with E-state index in [2.05, 4.69) is 19.2 Å². The Kier molecular flexibility index (Phi) is 8.59. The van der Waals surface area contributed by atoms with Gasteiger partial charge in [0.1, 0.15) is 6.23 Å². The van der Waals surface area contributed by atoms with Gasteiger partial charge in [-0.15, -0.1) is 0 Å². The number of carbonyl (C=O) groups excluding carboxylic acids is 1. The Labute approximate surface area is 151 Å². The fraction of sp³-hybridized carbons (Fsp3) is 0.789. The van der Waals surface area contributed by atoms with Crippen molar-refractivity contribution in [2.24, 2.45) is 11.3 Å². The number of aliphatic carboxylic acids is 1. The van der Waals surface area contributed by atoms with Gasteiger partial charge in [-0.05, 0) is 37.5 Å². The van der Waals surface area contributed by atoms with Gasteiger partial charge in [-0.3, -0.25) is 10.1 Å².